The average molecular weight is 398 g/mol. The summed E-state index contributed by atoms with van der Waals surface area (Å²) in [5.41, 5.74) is 2.49. The van der Waals surface area contributed by atoms with Crippen LogP contribution < -0.4 is 14.8 Å². The van der Waals surface area contributed by atoms with Crippen LogP contribution in [0.15, 0.2) is 30.3 Å². The Bertz CT molecular complexity index is 779. The minimum Gasteiger partial charge on any atom is -0.494 e. The van der Waals surface area contributed by atoms with E-state index in [1.165, 1.54) is 0 Å². The third-order valence-corrected chi connectivity index (χ3v) is 5.13. The molecule has 1 aromatic heterocycles. The third-order valence-electron chi connectivity index (χ3n) is 5.13. The van der Waals surface area contributed by atoms with Gasteiger partial charge in [-0.05, 0) is 76.3 Å². The highest BCUT2D eigenvalue weighted by atomic mass is 16.5. The Morgan fingerprint density at radius 1 is 1.07 bits per heavy atom. The first-order valence-corrected chi connectivity index (χ1v) is 10.6. The standard InChI is InChI=1S/C23H31N3O3/c1-4-5-14-28-20-10-6-18(7-11-20)22(27)26-19-8-12-21(13-9-19)29-23-24-16(2)15-17(3)25-23/h6-7,10-11,15,19,21H,4-5,8-9,12-14H2,1-3H3,(H,26,27). The SMILES string of the molecule is CCCCOc1ccc(C(=O)NC2CCC(Oc3nc(C)cc(C)n3)CC2)cc1. The van der Waals surface area contributed by atoms with Gasteiger partial charge in [0.2, 0.25) is 0 Å². The lowest BCUT2D eigenvalue weighted by Gasteiger charge is -2.29. The van der Waals surface area contributed by atoms with Crippen molar-refractivity contribution in [3.05, 3.63) is 47.3 Å². The van der Waals surface area contributed by atoms with Gasteiger partial charge >= 0.3 is 6.01 Å². The van der Waals surface area contributed by atoms with Crippen molar-refractivity contribution in [2.45, 2.75) is 71.4 Å². The first-order valence-electron chi connectivity index (χ1n) is 10.6. The van der Waals surface area contributed by atoms with Crippen LogP contribution in [0, 0.1) is 13.8 Å². The molecule has 6 heteroatoms. The van der Waals surface area contributed by atoms with Crippen LogP contribution in [0.25, 0.3) is 0 Å². The van der Waals surface area contributed by atoms with E-state index >= 15 is 0 Å². The second-order valence-electron chi connectivity index (χ2n) is 7.72. The first kappa shape index (κ1) is 21.1. The van der Waals surface area contributed by atoms with Crippen LogP contribution in [-0.4, -0.2) is 34.6 Å². The highest BCUT2D eigenvalue weighted by molar-refractivity contribution is 5.94. The van der Waals surface area contributed by atoms with Crippen LogP contribution in [0.2, 0.25) is 0 Å². The number of carbonyl (C=O) groups is 1. The summed E-state index contributed by atoms with van der Waals surface area (Å²) in [6, 6.07) is 9.92. The molecule has 0 aliphatic heterocycles. The molecule has 0 saturated heterocycles. The van der Waals surface area contributed by atoms with Crippen molar-refractivity contribution in [3.8, 4) is 11.8 Å². The summed E-state index contributed by atoms with van der Waals surface area (Å²) in [6.45, 7) is 6.73. The Hall–Kier alpha value is -2.63. The summed E-state index contributed by atoms with van der Waals surface area (Å²) in [7, 11) is 0. The van der Waals surface area contributed by atoms with Crippen molar-refractivity contribution in [2.75, 3.05) is 6.61 Å². The van der Waals surface area contributed by atoms with Gasteiger partial charge in [-0.15, -0.1) is 0 Å². The molecule has 1 aliphatic carbocycles. The van der Waals surface area contributed by atoms with Crippen LogP contribution >= 0.6 is 0 Å². The fraction of sp³-hybridized carbons (Fsp3) is 0.522. The molecule has 0 bridgehead atoms. The number of amides is 1. The Kier molecular flexibility index (Phi) is 7.44. The zero-order chi connectivity index (χ0) is 20.6. The number of carbonyl (C=O) groups excluding carboxylic acids is 1. The number of ether oxygens (including phenoxy) is 2. The van der Waals surface area contributed by atoms with Crippen LogP contribution in [0.4, 0.5) is 0 Å². The number of nitrogens with zero attached hydrogens (tertiary/aromatic N) is 2. The third kappa shape index (κ3) is 6.44. The van der Waals surface area contributed by atoms with Crippen molar-refractivity contribution < 1.29 is 14.3 Å². The molecule has 1 amide bonds. The molecule has 156 valence electrons. The van der Waals surface area contributed by atoms with Gasteiger partial charge in [0.05, 0.1) is 6.61 Å². The average Bonchev–Trinajstić information content (AvgIpc) is 2.69. The van der Waals surface area contributed by atoms with Crippen molar-refractivity contribution in [3.63, 3.8) is 0 Å². The summed E-state index contributed by atoms with van der Waals surface area (Å²) >= 11 is 0. The van der Waals surface area contributed by atoms with Crippen LogP contribution in [-0.2, 0) is 0 Å². The second kappa shape index (κ2) is 10.2. The van der Waals surface area contributed by atoms with E-state index in [1.54, 1.807) is 0 Å². The Morgan fingerprint density at radius 3 is 2.34 bits per heavy atom. The topological polar surface area (TPSA) is 73.3 Å². The molecule has 0 spiro atoms. The largest absolute Gasteiger partial charge is 0.494 e. The van der Waals surface area contributed by atoms with Gasteiger partial charge in [-0.1, -0.05) is 13.3 Å². The van der Waals surface area contributed by atoms with Crippen LogP contribution in [0.5, 0.6) is 11.8 Å². The predicted molar refractivity (Wildman–Crippen MR) is 112 cm³/mol. The summed E-state index contributed by atoms with van der Waals surface area (Å²) in [4.78, 5) is 21.2. The zero-order valence-corrected chi connectivity index (χ0v) is 17.6. The molecule has 2 aromatic rings. The molecule has 0 unspecified atom stereocenters. The molecule has 1 fully saturated rings. The van der Waals surface area contributed by atoms with Crippen molar-refractivity contribution in [1.29, 1.82) is 0 Å². The molecule has 1 saturated carbocycles. The van der Waals surface area contributed by atoms with E-state index < -0.39 is 0 Å². The van der Waals surface area contributed by atoms with Gasteiger partial charge in [0, 0.05) is 23.0 Å². The van der Waals surface area contributed by atoms with E-state index in [0.717, 1.165) is 55.7 Å². The number of aromatic nitrogens is 2. The summed E-state index contributed by atoms with van der Waals surface area (Å²) in [5, 5.41) is 3.14. The van der Waals surface area contributed by atoms with Gasteiger partial charge in [0.15, 0.2) is 0 Å². The molecular formula is C23H31N3O3. The molecule has 29 heavy (non-hydrogen) atoms. The maximum Gasteiger partial charge on any atom is 0.317 e. The fourth-order valence-electron chi connectivity index (χ4n) is 3.53. The number of aryl methyl sites for hydroxylation is 2. The quantitative estimate of drug-likeness (QED) is 0.669. The minimum absolute atomic E-state index is 0.0351. The Morgan fingerprint density at radius 2 is 1.72 bits per heavy atom. The van der Waals surface area contributed by atoms with Crippen molar-refractivity contribution >= 4 is 5.91 Å². The van der Waals surface area contributed by atoms with E-state index in [-0.39, 0.29) is 18.1 Å². The Labute approximate surface area is 173 Å². The lowest BCUT2D eigenvalue weighted by molar-refractivity contribution is 0.0884. The monoisotopic (exact) mass is 397 g/mol. The number of hydrogen-bond acceptors (Lipinski definition) is 5. The molecule has 1 heterocycles. The van der Waals surface area contributed by atoms with Gasteiger partial charge in [0.1, 0.15) is 11.9 Å². The van der Waals surface area contributed by atoms with E-state index in [1.807, 2.05) is 44.2 Å². The molecule has 0 radical (unpaired) electrons. The van der Waals surface area contributed by atoms with Crippen molar-refractivity contribution in [2.24, 2.45) is 0 Å². The van der Waals surface area contributed by atoms with E-state index in [4.69, 9.17) is 9.47 Å². The maximum atomic E-state index is 12.5. The van der Waals surface area contributed by atoms with Crippen LogP contribution in [0.1, 0.15) is 67.2 Å². The second-order valence-corrected chi connectivity index (χ2v) is 7.72. The normalized spacial score (nSPS) is 18.9. The lowest BCUT2D eigenvalue weighted by atomic mass is 9.92. The van der Waals surface area contributed by atoms with Gasteiger partial charge < -0.3 is 14.8 Å². The number of nitrogens with one attached hydrogen (secondary N) is 1. The molecule has 6 nitrogen and oxygen atoms in total. The number of benzene rings is 1. The van der Waals surface area contributed by atoms with Gasteiger partial charge in [-0.3, -0.25) is 4.79 Å². The van der Waals surface area contributed by atoms with Crippen molar-refractivity contribution in [1.82, 2.24) is 15.3 Å². The number of rotatable bonds is 8. The summed E-state index contributed by atoms with van der Waals surface area (Å²) in [5.74, 6) is 0.772. The maximum absolute atomic E-state index is 12.5. The molecule has 0 atom stereocenters. The van der Waals surface area contributed by atoms with E-state index in [2.05, 4.69) is 22.2 Å². The smallest absolute Gasteiger partial charge is 0.317 e. The Balaban J connectivity index is 1.44. The molecule has 3 rings (SSSR count). The number of unbranched alkanes of at least 4 members (excludes halogenated alkanes) is 1. The van der Waals surface area contributed by atoms with E-state index in [9.17, 15) is 4.79 Å². The minimum atomic E-state index is -0.0351. The molecular weight excluding hydrogens is 366 g/mol. The van der Waals surface area contributed by atoms with E-state index in [0.29, 0.717) is 18.2 Å². The zero-order valence-electron chi connectivity index (χ0n) is 17.6. The lowest BCUT2D eigenvalue weighted by Crippen LogP contribution is -2.39. The summed E-state index contributed by atoms with van der Waals surface area (Å²) in [6.07, 6.45) is 5.77. The highest BCUT2D eigenvalue weighted by Gasteiger charge is 2.24. The predicted octanol–water partition coefficient (Wildman–Crippen LogP) is 4.39. The van der Waals surface area contributed by atoms with Crippen LogP contribution in [0.3, 0.4) is 0 Å². The fourth-order valence-corrected chi connectivity index (χ4v) is 3.53. The van der Waals surface area contributed by atoms with Gasteiger partial charge in [-0.2, -0.15) is 0 Å². The first-order chi connectivity index (χ1) is 14.0. The highest BCUT2D eigenvalue weighted by Crippen LogP contribution is 2.23. The summed E-state index contributed by atoms with van der Waals surface area (Å²) < 4.78 is 11.6. The molecule has 1 aliphatic rings. The van der Waals surface area contributed by atoms with Gasteiger partial charge in [0.25, 0.3) is 5.91 Å². The van der Waals surface area contributed by atoms with Gasteiger partial charge in [-0.25, -0.2) is 9.97 Å². The molecule has 1 N–H and O–H groups in total. The molecule has 1 aromatic carbocycles. The number of hydrogen-bond donors (Lipinski definition) is 1.